The SMILES string of the molecule is CC(C)N(C(=O)COC(=O)CCc1nc(-c2ccccn2)no1)c1ccccc1. The summed E-state index contributed by atoms with van der Waals surface area (Å²) >= 11 is 0. The van der Waals surface area contributed by atoms with E-state index in [1.807, 2.05) is 50.2 Å². The maximum Gasteiger partial charge on any atom is 0.306 e. The van der Waals surface area contributed by atoms with E-state index < -0.39 is 5.97 Å². The lowest BCUT2D eigenvalue weighted by Crippen LogP contribution is -2.39. The molecule has 8 heteroatoms. The summed E-state index contributed by atoms with van der Waals surface area (Å²) in [5, 5.41) is 3.85. The Balaban J connectivity index is 1.50. The molecule has 1 aromatic carbocycles. The fourth-order valence-corrected chi connectivity index (χ4v) is 2.77. The standard InChI is InChI=1S/C21H22N4O4/c1-15(2)25(16-8-4-3-5-9-16)19(26)14-28-20(27)12-11-18-23-21(24-29-18)17-10-6-7-13-22-17/h3-10,13,15H,11-12,14H2,1-2H3. The molecule has 0 saturated carbocycles. The number of aromatic nitrogens is 3. The summed E-state index contributed by atoms with van der Waals surface area (Å²) in [4.78, 5) is 34.5. The molecule has 3 rings (SSSR count). The molecule has 0 aliphatic rings. The molecule has 0 aliphatic heterocycles. The van der Waals surface area contributed by atoms with E-state index in [1.165, 1.54) is 0 Å². The van der Waals surface area contributed by atoms with Crippen molar-refractivity contribution in [3.8, 4) is 11.5 Å². The Labute approximate surface area is 168 Å². The highest BCUT2D eigenvalue weighted by molar-refractivity contribution is 5.95. The number of carbonyl (C=O) groups excluding carboxylic acids is 2. The number of benzene rings is 1. The molecule has 2 heterocycles. The lowest BCUT2D eigenvalue weighted by molar-refractivity contribution is -0.148. The number of hydrogen-bond donors (Lipinski definition) is 0. The molecule has 29 heavy (non-hydrogen) atoms. The van der Waals surface area contributed by atoms with Crippen LogP contribution in [0.15, 0.2) is 59.3 Å². The number of hydrogen-bond acceptors (Lipinski definition) is 7. The molecule has 0 spiro atoms. The van der Waals surface area contributed by atoms with Crippen LogP contribution < -0.4 is 4.90 Å². The van der Waals surface area contributed by atoms with Crippen molar-refractivity contribution >= 4 is 17.6 Å². The number of anilines is 1. The van der Waals surface area contributed by atoms with Crippen LogP contribution in [-0.4, -0.2) is 39.6 Å². The van der Waals surface area contributed by atoms with Crippen molar-refractivity contribution in [2.45, 2.75) is 32.7 Å². The Bertz CT molecular complexity index is 942. The van der Waals surface area contributed by atoms with Gasteiger partial charge in [-0.25, -0.2) is 0 Å². The smallest absolute Gasteiger partial charge is 0.306 e. The van der Waals surface area contributed by atoms with E-state index in [-0.39, 0.29) is 31.4 Å². The van der Waals surface area contributed by atoms with Gasteiger partial charge in [0.1, 0.15) is 5.69 Å². The summed E-state index contributed by atoms with van der Waals surface area (Å²) in [6.07, 6.45) is 1.89. The van der Waals surface area contributed by atoms with Crippen LogP contribution in [0, 0.1) is 0 Å². The molecule has 0 fully saturated rings. The Kier molecular flexibility index (Phi) is 6.67. The number of pyridine rings is 1. The molecule has 150 valence electrons. The number of aryl methyl sites for hydroxylation is 1. The molecule has 0 N–H and O–H groups in total. The van der Waals surface area contributed by atoms with Crippen molar-refractivity contribution in [3.05, 3.63) is 60.6 Å². The van der Waals surface area contributed by atoms with Crippen LogP contribution in [0.5, 0.6) is 0 Å². The van der Waals surface area contributed by atoms with E-state index >= 15 is 0 Å². The largest absolute Gasteiger partial charge is 0.456 e. The summed E-state index contributed by atoms with van der Waals surface area (Å²) in [5.74, 6) is -0.121. The predicted molar refractivity (Wildman–Crippen MR) is 106 cm³/mol. The fourth-order valence-electron chi connectivity index (χ4n) is 2.77. The Morgan fingerprint density at radius 3 is 2.55 bits per heavy atom. The second-order valence-corrected chi connectivity index (χ2v) is 6.58. The highest BCUT2D eigenvalue weighted by atomic mass is 16.5. The van der Waals surface area contributed by atoms with Crippen LogP contribution >= 0.6 is 0 Å². The Hall–Kier alpha value is -3.55. The van der Waals surface area contributed by atoms with Gasteiger partial charge in [-0.05, 0) is 38.1 Å². The summed E-state index contributed by atoms with van der Waals surface area (Å²) in [7, 11) is 0. The first-order chi connectivity index (χ1) is 14.0. The zero-order valence-corrected chi connectivity index (χ0v) is 16.3. The van der Waals surface area contributed by atoms with Crippen LogP contribution in [0.2, 0.25) is 0 Å². The quantitative estimate of drug-likeness (QED) is 0.542. The molecule has 0 radical (unpaired) electrons. The van der Waals surface area contributed by atoms with Gasteiger partial charge in [-0.2, -0.15) is 4.98 Å². The second kappa shape index (κ2) is 9.59. The van der Waals surface area contributed by atoms with Crippen LogP contribution in [0.4, 0.5) is 5.69 Å². The number of nitrogens with zero attached hydrogens (tertiary/aromatic N) is 4. The fraction of sp³-hybridized carbons (Fsp3) is 0.286. The van der Waals surface area contributed by atoms with Crippen LogP contribution in [0.25, 0.3) is 11.5 Å². The lowest BCUT2D eigenvalue weighted by atomic mass is 10.2. The number of rotatable bonds is 8. The van der Waals surface area contributed by atoms with Crippen molar-refractivity contribution in [1.29, 1.82) is 0 Å². The third-order valence-corrected chi connectivity index (χ3v) is 4.08. The van der Waals surface area contributed by atoms with Gasteiger partial charge in [-0.15, -0.1) is 0 Å². The summed E-state index contributed by atoms with van der Waals surface area (Å²) in [6, 6.07) is 14.6. The first-order valence-electron chi connectivity index (χ1n) is 9.31. The third kappa shape index (κ3) is 5.47. The van der Waals surface area contributed by atoms with E-state index in [9.17, 15) is 9.59 Å². The van der Waals surface area contributed by atoms with E-state index in [1.54, 1.807) is 23.2 Å². The van der Waals surface area contributed by atoms with Gasteiger partial charge in [0.2, 0.25) is 11.7 Å². The molecule has 0 atom stereocenters. The van der Waals surface area contributed by atoms with E-state index in [2.05, 4.69) is 15.1 Å². The van der Waals surface area contributed by atoms with Gasteiger partial charge in [0.05, 0.1) is 6.42 Å². The molecule has 3 aromatic rings. The molecule has 0 aliphatic carbocycles. The molecule has 8 nitrogen and oxygen atoms in total. The molecule has 0 saturated heterocycles. The number of amides is 1. The number of ether oxygens (including phenoxy) is 1. The van der Waals surface area contributed by atoms with Gasteiger partial charge in [0.25, 0.3) is 5.91 Å². The molecular weight excluding hydrogens is 372 g/mol. The number of para-hydroxylation sites is 1. The molecule has 0 unspecified atom stereocenters. The Morgan fingerprint density at radius 2 is 1.86 bits per heavy atom. The zero-order chi connectivity index (χ0) is 20.6. The number of carbonyl (C=O) groups is 2. The van der Waals surface area contributed by atoms with E-state index in [0.717, 1.165) is 5.69 Å². The first-order valence-corrected chi connectivity index (χ1v) is 9.31. The van der Waals surface area contributed by atoms with Gasteiger partial charge in [-0.1, -0.05) is 29.4 Å². The monoisotopic (exact) mass is 394 g/mol. The second-order valence-electron chi connectivity index (χ2n) is 6.58. The van der Waals surface area contributed by atoms with Gasteiger partial charge in [-0.3, -0.25) is 14.6 Å². The summed E-state index contributed by atoms with van der Waals surface area (Å²) < 4.78 is 10.3. The first kappa shape index (κ1) is 20.2. The number of esters is 1. The molecule has 0 bridgehead atoms. The van der Waals surface area contributed by atoms with Gasteiger partial charge in [0.15, 0.2) is 6.61 Å². The lowest BCUT2D eigenvalue weighted by Gasteiger charge is -2.26. The van der Waals surface area contributed by atoms with Gasteiger partial charge < -0.3 is 14.2 Å². The predicted octanol–water partition coefficient (Wildman–Crippen LogP) is 3.05. The Morgan fingerprint density at radius 1 is 1.10 bits per heavy atom. The van der Waals surface area contributed by atoms with Crippen molar-refractivity contribution in [1.82, 2.24) is 15.1 Å². The van der Waals surface area contributed by atoms with E-state index in [4.69, 9.17) is 9.26 Å². The van der Waals surface area contributed by atoms with Crippen LogP contribution in [0.3, 0.4) is 0 Å². The average molecular weight is 394 g/mol. The van der Waals surface area contributed by atoms with Crippen molar-refractivity contribution < 1.29 is 18.8 Å². The maximum absolute atomic E-state index is 12.5. The van der Waals surface area contributed by atoms with Crippen molar-refractivity contribution in [2.75, 3.05) is 11.5 Å². The molecule has 1 amide bonds. The summed E-state index contributed by atoms with van der Waals surface area (Å²) in [6.45, 7) is 3.48. The highest BCUT2D eigenvalue weighted by Gasteiger charge is 2.20. The van der Waals surface area contributed by atoms with Crippen LogP contribution in [0.1, 0.15) is 26.2 Å². The topological polar surface area (TPSA) is 98.4 Å². The highest BCUT2D eigenvalue weighted by Crippen LogP contribution is 2.17. The normalized spacial score (nSPS) is 10.7. The summed E-state index contributed by atoms with van der Waals surface area (Å²) in [5.41, 5.74) is 1.35. The zero-order valence-electron chi connectivity index (χ0n) is 16.3. The third-order valence-electron chi connectivity index (χ3n) is 4.08. The van der Waals surface area contributed by atoms with Gasteiger partial charge >= 0.3 is 5.97 Å². The minimum atomic E-state index is -0.507. The van der Waals surface area contributed by atoms with E-state index in [0.29, 0.717) is 17.4 Å². The van der Waals surface area contributed by atoms with Gasteiger partial charge in [0, 0.05) is 24.3 Å². The molecular formula is C21H22N4O4. The minimum absolute atomic E-state index is 0.0319. The van der Waals surface area contributed by atoms with Crippen molar-refractivity contribution in [3.63, 3.8) is 0 Å². The van der Waals surface area contributed by atoms with Crippen LogP contribution in [-0.2, 0) is 20.7 Å². The van der Waals surface area contributed by atoms with Crippen molar-refractivity contribution in [2.24, 2.45) is 0 Å². The minimum Gasteiger partial charge on any atom is -0.456 e. The molecule has 2 aromatic heterocycles. The average Bonchev–Trinajstić information content (AvgIpc) is 3.21. The maximum atomic E-state index is 12.5.